The zero-order valence-corrected chi connectivity index (χ0v) is 18.2. The Bertz CT molecular complexity index is 994. The smallest absolute Gasteiger partial charge is 0.118 e. The van der Waals surface area contributed by atoms with Gasteiger partial charge in [-0.05, 0) is 77.1 Å². The number of nitrogens with zero attached hydrogens (tertiary/aromatic N) is 1. The lowest BCUT2D eigenvalue weighted by atomic mass is 9.87. The summed E-state index contributed by atoms with van der Waals surface area (Å²) in [6, 6.07) is 26.6. The molecule has 0 saturated carbocycles. The second-order valence-corrected chi connectivity index (χ2v) is 7.05. The zero-order chi connectivity index (χ0) is 22.1. The Hall–Kier alpha value is -3.71. The molecular weight excluding hydrogens is 386 g/mol. The van der Waals surface area contributed by atoms with Crippen molar-refractivity contribution in [3.05, 3.63) is 89.5 Å². The molecule has 0 aliphatic carbocycles. The number of methoxy groups -OCH3 is 3. The van der Waals surface area contributed by atoms with Crippen LogP contribution < -0.4 is 14.2 Å². The summed E-state index contributed by atoms with van der Waals surface area (Å²) in [6.07, 6.45) is 2.08. The zero-order valence-electron chi connectivity index (χ0n) is 18.2. The Kier molecular flexibility index (Phi) is 7.73. The minimum absolute atomic E-state index is 0.512. The van der Waals surface area contributed by atoms with Crippen molar-refractivity contribution in [2.75, 3.05) is 21.3 Å². The number of hydrogen-bond donors (Lipinski definition) is 0. The highest BCUT2D eigenvalue weighted by Gasteiger charge is 2.15. The fraction of sp³-hybridized carbons (Fsp3) is 0.222. The van der Waals surface area contributed by atoms with E-state index in [4.69, 9.17) is 19.5 Å². The van der Waals surface area contributed by atoms with Crippen LogP contribution >= 0.6 is 0 Å². The van der Waals surface area contributed by atoms with Gasteiger partial charge in [0.15, 0.2) is 0 Å². The van der Waals surface area contributed by atoms with E-state index < -0.39 is 0 Å². The van der Waals surface area contributed by atoms with Crippen molar-refractivity contribution >= 4 is 11.1 Å². The summed E-state index contributed by atoms with van der Waals surface area (Å²) >= 11 is 0. The number of benzene rings is 3. The maximum absolute atomic E-state index is 9.10. The Balaban J connectivity index is 2.21. The normalized spacial score (nSPS) is 10.1. The maximum atomic E-state index is 9.10. The van der Waals surface area contributed by atoms with Gasteiger partial charge in [-0.25, -0.2) is 0 Å². The molecule has 0 bridgehead atoms. The van der Waals surface area contributed by atoms with Crippen molar-refractivity contribution in [3.8, 4) is 23.3 Å². The maximum Gasteiger partial charge on any atom is 0.118 e. The molecule has 0 aromatic heterocycles. The van der Waals surface area contributed by atoms with Crippen LogP contribution in [0.25, 0.3) is 11.1 Å². The molecule has 0 radical (unpaired) electrons. The van der Waals surface area contributed by atoms with E-state index in [9.17, 15) is 0 Å². The van der Waals surface area contributed by atoms with E-state index in [1.807, 2.05) is 36.4 Å². The van der Waals surface area contributed by atoms with Crippen LogP contribution in [0.2, 0.25) is 0 Å². The fourth-order valence-electron chi connectivity index (χ4n) is 3.58. The van der Waals surface area contributed by atoms with Gasteiger partial charge >= 0.3 is 0 Å². The summed E-state index contributed by atoms with van der Waals surface area (Å²) in [5, 5.41) is 9.10. The first-order valence-corrected chi connectivity index (χ1v) is 10.2. The van der Waals surface area contributed by atoms with Gasteiger partial charge in [0.05, 0.1) is 27.4 Å². The number of allylic oxidation sites excluding steroid dienone is 1. The molecule has 3 rings (SSSR count). The lowest BCUT2D eigenvalue weighted by Gasteiger charge is -2.18. The van der Waals surface area contributed by atoms with Crippen LogP contribution in [0.3, 0.4) is 0 Å². The van der Waals surface area contributed by atoms with Gasteiger partial charge in [0.1, 0.15) is 17.2 Å². The van der Waals surface area contributed by atoms with Gasteiger partial charge < -0.3 is 14.2 Å². The van der Waals surface area contributed by atoms with Crippen molar-refractivity contribution in [1.29, 1.82) is 5.26 Å². The van der Waals surface area contributed by atoms with E-state index in [1.165, 1.54) is 5.57 Å². The molecule has 3 aromatic carbocycles. The van der Waals surface area contributed by atoms with Crippen LogP contribution in [-0.4, -0.2) is 21.3 Å². The molecule has 0 spiro atoms. The van der Waals surface area contributed by atoms with Gasteiger partial charge in [-0.3, -0.25) is 0 Å². The van der Waals surface area contributed by atoms with E-state index in [1.54, 1.807) is 21.3 Å². The Morgan fingerprint density at radius 2 is 1.03 bits per heavy atom. The van der Waals surface area contributed by atoms with E-state index in [0.717, 1.165) is 52.4 Å². The summed E-state index contributed by atoms with van der Waals surface area (Å²) in [7, 11) is 5.00. The highest BCUT2D eigenvalue weighted by molar-refractivity contribution is 5.98. The molecule has 0 N–H and O–H groups in total. The molecular formula is C27H27NO3. The van der Waals surface area contributed by atoms with Crippen LogP contribution in [0.1, 0.15) is 36.0 Å². The Morgan fingerprint density at radius 1 is 0.645 bits per heavy atom. The number of unbranched alkanes of at least 4 members (excludes halogenated alkanes) is 1. The Morgan fingerprint density at radius 3 is 1.39 bits per heavy atom. The third kappa shape index (κ3) is 5.46. The molecule has 0 atom stereocenters. The third-order valence-corrected chi connectivity index (χ3v) is 5.21. The number of ether oxygens (including phenoxy) is 3. The molecule has 31 heavy (non-hydrogen) atoms. The second kappa shape index (κ2) is 10.9. The van der Waals surface area contributed by atoms with Gasteiger partial charge in [-0.2, -0.15) is 5.26 Å². The van der Waals surface area contributed by atoms with E-state index in [0.29, 0.717) is 6.42 Å². The molecule has 0 aliphatic heterocycles. The van der Waals surface area contributed by atoms with Crippen LogP contribution in [0.5, 0.6) is 17.2 Å². The standard InChI is InChI=1S/C27H27NO3/c1-29-23-13-7-20(8-14-23)26(6-4-5-19-28)27(21-9-15-24(30-2)16-10-21)22-11-17-25(31-3)18-12-22/h7-18H,4-6H2,1-3H3. The predicted octanol–water partition coefficient (Wildman–Crippen LogP) is 6.37. The van der Waals surface area contributed by atoms with Crippen molar-refractivity contribution in [2.45, 2.75) is 19.3 Å². The van der Waals surface area contributed by atoms with Crippen LogP contribution in [-0.2, 0) is 0 Å². The van der Waals surface area contributed by atoms with Crippen molar-refractivity contribution < 1.29 is 14.2 Å². The lowest BCUT2D eigenvalue weighted by molar-refractivity contribution is 0.414. The summed E-state index contributed by atoms with van der Waals surface area (Å²) in [4.78, 5) is 0. The molecule has 4 nitrogen and oxygen atoms in total. The molecule has 158 valence electrons. The number of hydrogen-bond acceptors (Lipinski definition) is 4. The second-order valence-electron chi connectivity index (χ2n) is 7.05. The summed E-state index contributed by atoms with van der Waals surface area (Å²) in [5.41, 5.74) is 5.62. The van der Waals surface area contributed by atoms with Gasteiger partial charge in [-0.15, -0.1) is 0 Å². The topological polar surface area (TPSA) is 51.5 Å². The van der Waals surface area contributed by atoms with Crippen LogP contribution in [0.15, 0.2) is 72.8 Å². The van der Waals surface area contributed by atoms with Gasteiger partial charge in [0.2, 0.25) is 0 Å². The summed E-state index contributed by atoms with van der Waals surface area (Å²) in [5.74, 6) is 2.44. The molecule has 3 aromatic rings. The monoisotopic (exact) mass is 413 g/mol. The van der Waals surface area contributed by atoms with Gasteiger partial charge in [0, 0.05) is 6.42 Å². The quantitative estimate of drug-likeness (QED) is 0.302. The van der Waals surface area contributed by atoms with Gasteiger partial charge in [0.25, 0.3) is 0 Å². The number of nitriles is 1. The highest BCUT2D eigenvalue weighted by Crippen LogP contribution is 2.37. The van der Waals surface area contributed by atoms with Crippen molar-refractivity contribution in [3.63, 3.8) is 0 Å². The molecule has 0 aliphatic rings. The lowest BCUT2D eigenvalue weighted by Crippen LogP contribution is -1.97. The largest absolute Gasteiger partial charge is 0.497 e. The van der Waals surface area contributed by atoms with Crippen molar-refractivity contribution in [2.24, 2.45) is 0 Å². The molecule has 0 heterocycles. The first-order valence-electron chi connectivity index (χ1n) is 10.2. The minimum atomic E-state index is 0.512. The first-order chi connectivity index (χ1) is 15.2. The summed E-state index contributed by atoms with van der Waals surface area (Å²) in [6.45, 7) is 0. The van der Waals surface area contributed by atoms with Crippen molar-refractivity contribution in [1.82, 2.24) is 0 Å². The summed E-state index contributed by atoms with van der Waals surface area (Å²) < 4.78 is 16.0. The average Bonchev–Trinajstić information content (AvgIpc) is 2.84. The van der Waals surface area contributed by atoms with Crippen LogP contribution in [0, 0.1) is 11.3 Å². The van der Waals surface area contributed by atoms with Gasteiger partial charge in [-0.1, -0.05) is 36.4 Å². The average molecular weight is 414 g/mol. The molecule has 0 unspecified atom stereocenters. The predicted molar refractivity (Wildman–Crippen MR) is 124 cm³/mol. The van der Waals surface area contributed by atoms with E-state index in [-0.39, 0.29) is 0 Å². The first kappa shape index (κ1) is 22.0. The Labute approximate surface area is 184 Å². The third-order valence-electron chi connectivity index (χ3n) is 5.21. The fourth-order valence-corrected chi connectivity index (χ4v) is 3.58. The highest BCUT2D eigenvalue weighted by atomic mass is 16.5. The van der Waals surface area contributed by atoms with E-state index >= 15 is 0 Å². The number of rotatable bonds is 9. The molecule has 0 saturated heterocycles. The molecule has 4 heteroatoms. The van der Waals surface area contributed by atoms with Crippen LogP contribution in [0.4, 0.5) is 0 Å². The molecule has 0 amide bonds. The van der Waals surface area contributed by atoms with E-state index in [2.05, 4.69) is 42.5 Å². The SMILES string of the molecule is COc1ccc(C(CCCC#N)=C(c2ccc(OC)cc2)c2ccc(OC)cc2)cc1. The molecule has 0 fully saturated rings. The minimum Gasteiger partial charge on any atom is -0.497 e.